The molecule has 4 nitrogen and oxygen atoms in total. The van der Waals surface area contributed by atoms with Gasteiger partial charge in [0.1, 0.15) is 5.76 Å². The highest BCUT2D eigenvalue weighted by Crippen LogP contribution is 2.16. The Labute approximate surface area is 112 Å². The molecule has 0 saturated heterocycles. The van der Waals surface area contributed by atoms with Gasteiger partial charge in [-0.2, -0.15) is 0 Å². The highest BCUT2D eigenvalue weighted by Gasteiger charge is 2.13. The van der Waals surface area contributed by atoms with Crippen LogP contribution in [0, 0.1) is 27.7 Å². The molecule has 0 aliphatic rings. The van der Waals surface area contributed by atoms with Crippen LogP contribution in [0.25, 0.3) is 0 Å². The molecular weight excluding hydrogens is 240 g/mol. The van der Waals surface area contributed by atoms with Crippen molar-refractivity contribution in [3.05, 3.63) is 46.3 Å². The number of nitrogens with zero attached hydrogens (tertiary/aromatic N) is 1. The predicted octanol–water partition coefficient (Wildman–Crippen LogP) is 3.09. The summed E-state index contributed by atoms with van der Waals surface area (Å²) in [5, 5.41) is 6.74. The van der Waals surface area contributed by atoms with E-state index in [1.165, 1.54) is 5.56 Å². The van der Waals surface area contributed by atoms with E-state index in [2.05, 4.69) is 10.5 Å². The first-order chi connectivity index (χ1) is 8.97. The molecule has 1 N–H and O–H groups in total. The van der Waals surface area contributed by atoms with E-state index in [-0.39, 0.29) is 12.3 Å². The summed E-state index contributed by atoms with van der Waals surface area (Å²) in [5.41, 5.74) is 4.83. The molecule has 0 saturated carbocycles. The van der Waals surface area contributed by atoms with Crippen LogP contribution in [0.1, 0.15) is 28.1 Å². The lowest BCUT2D eigenvalue weighted by Crippen LogP contribution is -2.15. The van der Waals surface area contributed by atoms with Gasteiger partial charge in [0.2, 0.25) is 5.91 Å². The van der Waals surface area contributed by atoms with Crippen molar-refractivity contribution in [1.29, 1.82) is 0 Å². The van der Waals surface area contributed by atoms with Crippen LogP contribution in [0.5, 0.6) is 0 Å². The standard InChI is InChI=1S/C15H18N2O2/c1-9-5-6-13(7-10(9)2)16-15(18)8-14-11(3)17-19-12(14)4/h5-7H,8H2,1-4H3,(H,16,18). The van der Waals surface area contributed by atoms with Gasteiger partial charge in [0, 0.05) is 11.3 Å². The second kappa shape index (κ2) is 5.26. The van der Waals surface area contributed by atoms with Crippen LogP contribution in [-0.4, -0.2) is 11.1 Å². The summed E-state index contributed by atoms with van der Waals surface area (Å²) in [4.78, 5) is 12.0. The fraction of sp³-hybridized carbons (Fsp3) is 0.333. The Bertz CT molecular complexity index is 595. The second-order valence-corrected chi connectivity index (χ2v) is 4.83. The van der Waals surface area contributed by atoms with Gasteiger partial charge in [-0.3, -0.25) is 4.79 Å². The molecule has 0 aliphatic carbocycles. The van der Waals surface area contributed by atoms with E-state index in [0.29, 0.717) is 5.76 Å². The maximum absolute atomic E-state index is 12.0. The summed E-state index contributed by atoms with van der Waals surface area (Å²) in [5.74, 6) is 0.644. The Hall–Kier alpha value is -2.10. The number of benzene rings is 1. The van der Waals surface area contributed by atoms with E-state index in [9.17, 15) is 4.79 Å². The third kappa shape index (κ3) is 3.02. The van der Waals surface area contributed by atoms with Crippen LogP contribution in [0.2, 0.25) is 0 Å². The van der Waals surface area contributed by atoms with Gasteiger partial charge in [-0.25, -0.2) is 0 Å². The fourth-order valence-electron chi connectivity index (χ4n) is 1.94. The van der Waals surface area contributed by atoms with E-state index >= 15 is 0 Å². The summed E-state index contributed by atoms with van der Waals surface area (Å²) in [7, 11) is 0. The van der Waals surface area contributed by atoms with Gasteiger partial charge in [-0.05, 0) is 51.0 Å². The zero-order chi connectivity index (χ0) is 14.0. The number of anilines is 1. The van der Waals surface area contributed by atoms with Crippen LogP contribution >= 0.6 is 0 Å². The highest BCUT2D eigenvalue weighted by atomic mass is 16.5. The molecular formula is C15H18N2O2. The second-order valence-electron chi connectivity index (χ2n) is 4.83. The smallest absolute Gasteiger partial charge is 0.228 e. The van der Waals surface area contributed by atoms with Gasteiger partial charge < -0.3 is 9.84 Å². The number of carbonyl (C=O) groups excluding carboxylic acids is 1. The van der Waals surface area contributed by atoms with Crippen LogP contribution in [0.4, 0.5) is 5.69 Å². The van der Waals surface area contributed by atoms with Gasteiger partial charge in [0.25, 0.3) is 0 Å². The molecule has 0 unspecified atom stereocenters. The van der Waals surface area contributed by atoms with Crippen LogP contribution in [0.15, 0.2) is 22.7 Å². The molecule has 1 aromatic heterocycles. The molecule has 0 atom stereocenters. The Morgan fingerprint density at radius 3 is 2.53 bits per heavy atom. The minimum absolute atomic E-state index is 0.0577. The number of amides is 1. The van der Waals surface area contributed by atoms with E-state index in [0.717, 1.165) is 22.5 Å². The van der Waals surface area contributed by atoms with Crippen molar-refractivity contribution in [3.8, 4) is 0 Å². The maximum atomic E-state index is 12.0. The fourth-order valence-corrected chi connectivity index (χ4v) is 1.94. The van der Waals surface area contributed by atoms with Crippen molar-refractivity contribution in [2.24, 2.45) is 0 Å². The molecule has 4 heteroatoms. The lowest BCUT2D eigenvalue weighted by Gasteiger charge is -2.07. The Morgan fingerprint density at radius 2 is 1.95 bits per heavy atom. The molecule has 0 fully saturated rings. The van der Waals surface area contributed by atoms with Gasteiger partial charge in [0.05, 0.1) is 12.1 Å². The van der Waals surface area contributed by atoms with Crippen molar-refractivity contribution in [1.82, 2.24) is 5.16 Å². The summed E-state index contributed by atoms with van der Waals surface area (Å²) in [6, 6.07) is 5.88. The molecule has 2 rings (SSSR count). The third-order valence-electron chi connectivity index (χ3n) is 3.31. The molecule has 100 valence electrons. The number of aromatic nitrogens is 1. The summed E-state index contributed by atoms with van der Waals surface area (Å²) in [6.45, 7) is 7.73. The van der Waals surface area contributed by atoms with Gasteiger partial charge in [0.15, 0.2) is 0 Å². The zero-order valence-electron chi connectivity index (χ0n) is 11.7. The first-order valence-electron chi connectivity index (χ1n) is 6.26. The summed E-state index contributed by atoms with van der Waals surface area (Å²) >= 11 is 0. The van der Waals surface area contributed by atoms with Crippen molar-refractivity contribution in [3.63, 3.8) is 0 Å². The van der Waals surface area contributed by atoms with Crippen LogP contribution in [-0.2, 0) is 11.2 Å². The monoisotopic (exact) mass is 258 g/mol. The maximum Gasteiger partial charge on any atom is 0.228 e. The normalized spacial score (nSPS) is 10.5. The predicted molar refractivity (Wildman–Crippen MR) is 74.2 cm³/mol. The van der Waals surface area contributed by atoms with Crippen LogP contribution < -0.4 is 5.32 Å². The average Bonchev–Trinajstić information content (AvgIpc) is 2.66. The van der Waals surface area contributed by atoms with Crippen molar-refractivity contribution in [2.75, 3.05) is 5.32 Å². The Morgan fingerprint density at radius 1 is 1.21 bits per heavy atom. The average molecular weight is 258 g/mol. The van der Waals surface area contributed by atoms with Crippen molar-refractivity contribution >= 4 is 11.6 Å². The number of carbonyl (C=O) groups is 1. The van der Waals surface area contributed by atoms with Crippen LogP contribution in [0.3, 0.4) is 0 Å². The third-order valence-corrected chi connectivity index (χ3v) is 3.31. The molecule has 0 spiro atoms. The number of aryl methyl sites for hydroxylation is 4. The molecule has 0 aliphatic heterocycles. The SMILES string of the molecule is Cc1ccc(NC(=O)Cc2c(C)noc2C)cc1C. The Kier molecular flexibility index (Phi) is 3.69. The van der Waals surface area contributed by atoms with E-state index in [1.807, 2.05) is 45.9 Å². The number of rotatable bonds is 3. The lowest BCUT2D eigenvalue weighted by atomic mass is 10.1. The molecule has 0 bridgehead atoms. The van der Waals surface area contributed by atoms with E-state index in [1.54, 1.807) is 0 Å². The van der Waals surface area contributed by atoms with E-state index in [4.69, 9.17) is 4.52 Å². The van der Waals surface area contributed by atoms with Gasteiger partial charge in [-0.15, -0.1) is 0 Å². The Balaban J connectivity index is 2.07. The number of nitrogens with one attached hydrogen (secondary N) is 1. The first-order valence-corrected chi connectivity index (χ1v) is 6.26. The molecule has 1 aromatic carbocycles. The number of hydrogen-bond donors (Lipinski definition) is 1. The minimum atomic E-state index is -0.0577. The molecule has 0 radical (unpaired) electrons. The molecule has 19 heavy (non-hydrogen) atoms. The topological polar surface area (TPSA) is 55.1 Å². The highest BCUT2D eigenvalue weighted by molar-refractivity contribution is 5.92. The van der Waals surface area contributed by atoms with E-state index < -0.39 is 0 Å². The van der Waals surface area contributed by atoms with Gasteiger partial charge in [-0.1, -0.05) is 11.2 Å². The van der Waals surface area contributed by atoms with Crippen molar-refractivity contribution in [2.45, 2.75) is 34.1 Å². The minimum Gasteiger partial charge on any atom is -0.361 e. The number of hydrogen-bond acceptors (Lipinski definition) is 3. The lowest BCUT2D eigenvalue weighted by molar-refractivity contribution is -0.115. The molecule has 2 aromatic rings. The molecule has 1 heterocycles. The van der Waals surface area contributed by atoms with Gasteiger partial charge >= 0.3 is 0 Å². The molecule has 1 amide bonds. The zero-order valence-corrected chi connectivity index (χ0v) is 11.7. The first kappa shape index (κ1) is 13.3. The summed E-state index contributed by atoms with van der Waals surface area (Å²) in [6.07, 6.45) is 0.286. The van der Waals surface area contributed by atoms with Crippen molar-refractivity contribution < 1.29 is 9.32 Å². The quantitative estimate of drug-likeness (QED) is 0.920. The largest absolute Gasteiger partial charge is 0.361 e. The summed E-state index contributed by atoms with van der Waals surface area (Å²) < 4.78 is 5.05.